The molecule has 2 aliphatic heterocycles. The minimum Gasteiger partial charge on any atom is -0.456 e. The van der Waals surface area contributed by atoms with E-state index in [0.717, 1.165) is 51.3 Å². The molecule has 7 nitrogen and oxygen atoms in total. The molecule has 41 heavy (non-hydrogen) atoms. The zero-order valence-electron chi connectivity index (χ0n) is 24.5. The third-order valence-electron chi connectivity index (χ3n) is 7.61. The average Bonchev–Trinajstić information content (AvgIpc) is 3.22. The second kappa shape index (κ2) is 11.3. The fraction of sp³-hybridized carbons (Fsp3) is 0.375. The number of quaternary nitrogens is 1. The van der Waals surface area contributed by atoms with Gasteiger partial charge in [-0.25, -0.2) is 4.79 Å². The van der Waals surface area contributed by atoms with Crippen LogP contribution in [0.15, 0.2) is 60.7 Å². The Morgan fingerprint density at radius 3 is 2.22 bits per heavy atom. The van der Waals surface area contributed by atoms with Crippen molar-refractivity contribution < 1.29 is 23.5 Å². The molecule has 0 fully saturated rings. The van der Waals surface area contributed by atoms with Gasteiger partial charge in [0.15, 0.2) is 5.60 Å². The molecular formula is C32H38N3O4S2+. The Labute approximate surface area is 250 Å². The van der Waals surface area contributed by atoms with Gasteiger partial charge in [-0.15, -0.1) is 0 Å². The molecule has 0 radical (unpaired) electrons. The lowest BCUT2D eigenvalue weighted by Crippen LogP contribution is -2.36. The van der Waals surface area contributed by atoms with Gasteiger partial charge in [0, 0.05) is 58.4 Å². The Kier molecular flexibility index (Phi) is 8.07. The quantitative estimate of drug-likeness (QED) is 0.117. The highest BCUT2D eigenvalue weighted by Gasteiger charge is 2.53. The van der Waals surface area contributed by atoms with Gasteiger partial charge in [-0.3, -0.25) is 4.79 Å². The SMILES string of the molecule is CNc1ccc2c(c1)Oc1cc(NC(=O)C(C)(C)CCSSCC[N+](C)(C)C)ccc1C21OC(=O)c2ccccc21. The molecule has 0 saturated carbocycles. The number of esters is 1. The number of ether oxygens (including phenoxy) is 2. The summed E-state index contributed by atoms with van der Waals surface area (Å²) in [7, 11) is 12.1. The van der Waals surface area contributed by atoms with Crippen LogP contribution < -0.4 is 15.4 Å². The van der Waals surface area contributed by atoms with Crippen molar-refractivity contribution in [2.45, 2.75) is 25.9 Å². The number of rotatable bonds is 10. The summed E-state index contributed by atoms with van der Waals surface area (Å²) < 4.78 is 13.6. The number of nitrogens with one attached hydrogen (secondary N) is 2. The molecule has 5 rings (SSSR count). The van der Waals surface area contributed by atoms with Gasteiger partial charge in [-0.1, -0.05) is 53.6 Å². The molecule has 0 bridgehead atoms. The van der Waals surface area contributed by atoms with E-state index in [0.29, 0.717) is 22.7 Å². The fourth-order valence-corrected chi connectivity index (χ4v) is 7.68. The van der Waals surface area contributed by atoms with E-state index >= 15 is 0 Å². The van der Waals surface area contributed by atoms with E-state index in [1.807, 2.05) is 97.1 Å². The number of carbonyl (C=O) groups is 2. The van der Waals surface area contributed by atoms with Gasteiger partial charge in [-0.05, 0) is 36.8 Å². The van der Waals surface area contributed by atoms with Gasteiger partial charge < -0.3 is 24.6 Å². The van der Waals surface area contributed by atoms with Gasteiger partial charge in [-0.2, -0.15) is 0 Å². The zero-order chi connectivity index (χ0) is 29.4. The van der Waals surface area contributed by atoms with Crippen LogP contribution in [0.2, 0.25) is 0 Å². The number of anilines is 2. The number of benzene rings is 3. The van der Waals surface area contributed by atoms with Crippen molar-refractivity contribution in [2.24, 2.45) is 5.41 Å². The lowest BCUT2D eigenvalue weighted by molar-refractivity contribution is -0.867. The van der Waals surface area contributed by atoms with Crippen molar-refractivity contribution in [3.63, 3.8) is 0 Å². The Hall–Kier alpha value is -3.14. The van der Waals surface area contributed by atoms with E-state index in [2.05, 4.69) is 31.8 Å². The van der Waals surface area contributed by atoms with Crippen molar-refractivity contribution >= 4 is 44.8 Å². The summed E-state index contributed by atoms with van der Waals surface area (Å²) in [5, 5.41) is 6.25. The Balaban J connectivity index is 1.38. The van der Waals surface area contributed by atoms with Gasteiger partial charge in [0.05, 0.1) is 39.0 Å². The van der Waals surface area contributed by atoms with Gasteiger partial charge in [0.1, 0.15) is 11.5 Å². The molecule has 0 aliphatic carbocycles. The summed E-state index contributed by atoms with van der Waals surface area (Å²) in [6, 6.07) is 18.8. The first-order chi connectivity index (χ1) is 19.4. The van der Waals surface area contributed by atoms with E-state index < -0.39 is 11.0 Å². The highest BCUT2D eigenvalue weighted by molar-refractivity contribution is 8.76. The summed E-state index contributed by atoms with van der Waals surface area (Å²) in [6.45, 7) is 5.07. The first-order valence-corrected chi connectivity index (χ1v) is 16.3. The lowest BCUT2D eigenvalue weighted by atomic mass is 9.77. The number of carbonyl (C=O) groups excluding carboxylic acids is 2. The highest BCUT2D eigenvalue weighted by Crippen LogP contribution is 2.56. The minimum atomic E-state index is -1.13. The molecule has 0 aromatic heterocycles. The molecule has 9 heteroatoms. The second-order valence-electron chi connectivity index (χ2n) is 12.1. The largest absolute Gasteiger partial charge is 0.456 e. The van der Waals surface area contributed by atoms with E-state index in [9.17, 15) is 9.59 Å². The molecule has 1 atom stereocenters. The fourth-order valence-electron chi connectivity index (χ4n) is 5.05. The Morgan fingerprint density at radius 1 is 0.902 bits per heavy atom. The van der Waals surface area contributed by atoms with Crippen LogP contribution in [0.5, 0.6) is 11.5 Å². The van der Waals surface area contributed by atoms with Gasteiger partial charge in [0.25, 0.3) is 0 Å². The first kappa shape index (κ1) is 29.4. The summed E-state index contributed by atoms with van der Waals surface area (Å²) in [4.78, 5) is 26.4. The monoisotopic (exact) mass is 592 g/mol. The summed E-state index contributed by atoms with van der Waals surface area (Å²) in [5.74, 6) is 2.69. The Morgan fingerprint density at radius 2 is 1.54 bits per heavy atom. The predicted octanol–water partition coefficient (Wildman–Crippen LogP) is 6.74. The maximum atomic E-state index is 13.3. The molecule has 3 aromatic carbocycles. The molecule has 2 N–H and O–H groups in total. The molecular weight excluding hydrogens is 555 g/mol. The minimum absolute atomic E-state index is 0.0459. The standard InChI is InChI=1S/C32H37N3O4S2/c1-31(2,15-17-40-41-18-16-35(4,5)6)30(37)34-22-12-14-26-28(20-22)38-27-19-21(33-3)11-13-25(27)32(26)24-10-8-7-9-23(24)29(36)39-32/h7-14,19-20,33H,15-18H2,1-6H3/p+1. The number of amides is 1. The van der Waals surface area contributed by atoms with E-state index in [4.69, 9.17) is 9.47 Å². The molecule has 1 unspecified atom stereocenters. The van der Waals surface area contributed by atoms with Crippen LogP contribution in [0, 0.1) is 5.41 Å². The van der Waals surface area contributed by atoms with Gasteiger partial charge >= 0.3 is 5.97 Å². The second-order valence-corrected chi connectivity index (χ2v) is 14.8. The molecule has 1 spiro atoms. The smallest absolute Gasteiger partial charge is 0.340 e. The molecule has 3 aromatic rings. The topological polar surface area (TPSA) is 76.7 Å². The summed E-state index contributed by atoms with van der Waals surface area (Å²) in [6.07, 6.45) is 0.762. The van der Waals surface area contributed by atoms with E-state index in [1.54, 1.807) is 6.07 Å². The van der Waals surface area contributed by atoms with Crippen molar-refractivity contribution in [3.8, 4) is 11.5 Å². The average molecular weight is 593 g/mol. The third kappa shape index (κ3) is 5.80. The van der Waals surface area contributed by atoms with Crippen LogP contribution >= 0.6 is 21.6 Å². The van der Waals surface area contributed by atoms with Crippen LogP contribution in [0.1, 0.15) is 47.3 Å². The van der Waals surface area contributed by atoms with Crippen LogP contribution in [-0.2, 0) is 15.1 Å². The van der Waals surface area contributed by atoms with Crippen LogP contribution in [0.3, 0.4) is 0 Å². The van der Waals surface area contributed by atoms with E-state index in [-0.39, 0.29) is 11.9 Å². The maximum Gasteiger partial charge on any atom is 0.340 e. The van der Waals surface area contributed by atoms with Crippen molar-refractivity contribution in [1.29, 1.82) is 0 Å². The number of hydrogen-bond donors (Lipinski definition) is 2. The first-order valence-electron chi connectivity index (χ1n) is 13.8. The number of fused-ring (bicyclic) bond motifs is 6. The molecule has 216 valence electrons. The Bertz CT molecular complexity index is 1480. The lowest BCUT2D eigenvalue weighted by Gasteiger charge is -2.37. The van der Waals surface area contributed by atoms with Crippen molar-refractivity contribution in [2.75, 3.05) is 56.9 Å². The molecule has 0 saturated heterocycles. The normalized spacial score (nSPS) is 17.3. The van der Waals surface area contributed by atoms with Crippen molar-refractivity contribution in [3.05, 3.63) is 82.9 Å². The predicted molar refractivity (Wildman–Crippen MR) is 169 cm³/mol. The summed E-state index contributed by atoms with van der Waals surface area (Å²) >= 11 is 0. The molecule has 2 aliphatic rings. The van der Waals surface area contributed by atoms with Gasteiger partial charge in [0.2, 0.25) is 5.91 Å². The number of hydrogen-bond acceptors (Lipinski definition) is 7. The van der Waals surface area contributed by atoms with Crippen LogP contribution in [0.25, 0.3) is 0 Å². The maximum absolute atomic E-state index is 13.3. The van der Waals surface area contributed by atoms with Crippen LogP contribution in [-0.4, -0.2) is 62.6 Å². The van der Waals surface area contributed by atoms with E-state index in [1.165, 1.54) is 0 Å². The highest BCUT2D eigenvalue weighted by atomic mass is 33.1. The summed E-state index contributed by atoms with van der Waals surface area (Å²) in [5.41, 5.74) is 2.63. The molecule has 2 heterocycles. The van der Waals surface area contributed by atoms with Crippen LogP contribution in [0.4, 0.5) is 11.4 Å². The van der Waals surface area contributed by atoms with Crippen molar-refractivity contribution in [1.82, 2.24) is 0 Å². The third-order valence-corrected chi connectivity index (χ3v) is 10.0. The number of nitrogens with zero attached hydrogens (tertiary/aromatic N) is 1. The zero-order valence-corrected chi connectivity index (χ0v) is 26.1. The molecule has 1 amide bonds.